The second-order valence-electron chi connectivity index (χ2n) is 5.66. The number of nitrogens with zero attached hydrogens (tertiary/aromatic N) is 1. The SMILES string of the molecule is CCC1CCCCCN1CC(NC)c1ccccc1. The minimum Gasteiger partial charge on any atom is -0.312 e. The van der Waals surface area contributed by atoms with Crippen molar-refractivity contribution >= 4 is 0 Å². The molecule has 1 heterocycles. The standard InChI is InChI=1S/C17H28N2/c1-3-16-12-8-5-9-13-19(16)14-17(18-2)15-10-6-4-7-11-15/h4,6-7,10-11,16-18H,3,5,8-9,12-14H2,1-2H3. The molecule has 0 radical (unpaired) electrons. The van der Waals surface area contributed by atoms with Gasteiger partial charge in [0.1, 0.15) is 0 Å². The molecule has 0 aromatic heterocycles. The number of likely N-dealkylation sites (tertiary alicyclic amines) is 1. The van der Waals surface area contributed by atoms with Crippen LogP contribution in [-0.4, -0.2) is 31.1 Å². The lowest BCUT2D eigenvalue weighted by atomic mass is 10.0. The Morgan fingerprint density at radius 3 is 2.68 bits per heavy atom. The molecule has 1 aromatic rings. The van der Waals surface area contributed by atoms with Gasteiger partial charge in [0, 0.05) is 18.6 Å². The van der Waals surface area contributed by atoms with Gasteiger partial charge in [0.25, 0.3) is 0 Å². The molecule has 0 saturated carbocycles. The van der Waals surface area contributed by atoms with Crippen molar-refractivity contribution in [2.75, 3.05) is 20.1 Å². The van der Waals surface area contributed by atoms with Crippen LogP contribution in [-0.2, 0) is 0 Å². The average molecular weight is 260 g/mol. The molecule has 2 nitrogen and oxygen atoms in total. The van der Waals surface area contributed by atoms with Crippen LogP contribution in [0.2, 0.25) is 0 Å². The largest absolute Gasteiger partial charge is 0.312 e. The van der Waals surface area contributed by atoms with Crippen molar-refractivity contribution in [1.82, 2.24) is 10.2 Å². The highest BCUT2D eigenvalue weighted by atomic mass is 15.2. The van der Waals surface area contributed by atoms with Crippen molar-refractivity contribution in [3.05, 3.63) is 35.9 Å². The van der Waals surface area contributed by atoms with Gasteiger partial charge in [-0.3, -0.25) is 4.90 Å². The molecule has 2 unspecified atom stereocenters. The van der Waals surface area contributed by atoms with E-state index < -0.39 is 0 Å². The molecule has 2 heteroatoms. The van der Waals surface area contributed by atoms with Crippen molar-refractivity contribution in [3.8, 4) is 0 Å². The van der Waals surface area contributed by atoms with E-state index in [2.05, 4.69) is 54.5 Å². The van der Waals surface area contributed by atoms with Crippen molar-refractivity contribution in [2.24, 2.45) is 0 Å². The molecule has 2 rings (SSSR count). The monoisotopic (exact) mass is 260 g/mol. The normalized spacial score (nSPS) is 22.9. The summed E-state index contributed by atoms with van der Waals surface area (Å²) in [5.74, 6) is 0. The first-order valence-corrected chi connectivity index (χ1v) is 7.81. The molecular weight excluding hydrogens is 232 g/mol. The summed E-state index contributed by atoms with van der Waals surface area (Å²) >= 11 is 0. The van der Waals surface area contributed by atoms with E-state index in [1.165, 1.54) is 44.2 Å². The molecule has 1 fully saturated rings. The molecule has 1 N–H and O–H groups in total. The van der Waals surface area contributed by atoms with E-state index in [0.29, 0.717) is 6.04 Å². The molecule has 1 aliphatic heterocycles. The third-order valence-electron chi connectivity index (χ3n) is 4.44. The first kappa shape index (κ1) is 14.5. The van der Waals surface area contributed by atoms with Crippen molar-refractivity contribution in [3.63, 3.8) is 0 Å². The number of hydrogen-bond donors (Lipinski definition) is 1. The predicted molar refractivity (Wildman–Crippen MR) is 82.4 cm³/mol. The topological polar surface area (TPSA) is 15.3 Å². The fraction of sp³-hybridized carbons (Fsp3) is 0.647. The first-order chi connectivity index (χ1) is 9.35. The van der Waals surface area contributed by atoms with Crippen LogP contribution >= 0.6 is 0 Å². The molecule has 1 aliphatic rings. The van der Waals surface area contributed by atoms with Gasteiger partial charge >= 0.3 is 0 Å². The van der Waals surface area contributed by atoms with Crippen LogP contribution in [0, 0.1) is 0 Å². The molecule has 2 atom stereocenters. The maximum atomic E-state index is 3.49. The lowest BCUT2D eigenvalue weighted by Crippen LogP contribution is -2.40. The Morgan fingerprint density at radius 1 is 1.21 bits per heavy atom. The van der Waals surface area contributed by atoms with E-state index in [9.17, 15) is 0 Å². The van der Waals surface area contributed by atoms with Crippen LogP contribution in [0.3, 0.4) is 0 Å². The smallest absolute Gasteiger partial charge is 0.0446 e. The highest BCUT2D eigenvalue weighted by Gasteiger charge is 2.22. The molecule has 19 heavy (non-hydrogen) atoms. The number of rotatable bonds is 5. The Labute approximate surface area is 118 Å². The van der Waals surface area contributed by atoms with Crippen molar-refractivity contribution in [1.29, 1.82) is 0 Å². The van der Waals surface area contributed by atoms with Crippen molar-refractivity contribution in [2.45, 2.75) is 51.1 Å². The fourth-order valence-electron chi connectivity index (χ4n) is 3.22. The number of benzene rings is 1. The van der Waals surface area contributed by atoms with E-state index in [1.54, 1.807) is 0 Å². The lowest BCUT2D eigenvalue weighted by Gasteiger charge is -2.32. The third kappa shape index (κ3) is 4.05. The second-order valence-corrected chi connectivity index (χ2v) is 5.66. The van der Waals surface area contributed by atoms with E-state index >= 15 is 0 Å². The van der Waals surface area contributed by atoms with Gasteiger partial charge in [-0.05, 0) is 38.4 Å². The minimum absolute atomic E-state index is 0.452. The Bertz CT molecular complexity index is 350. The van der Waals surface area contributed by atoms with Crippen LogP contribution in [0.4, 0.5) is 0 Å². The second kappa shape index (κ2) is 7.66. The van der Waals surface area contributed by atoms with Gasteiger partial charge in [-0.25, -0.2) is 0 Å². The average Bonchev–Trinajstić information content (AvgIpc) is 2.70. The van der Waals surface area contributed by atoms with Gasteiger partial charge < -0.3 is 5.32 Å². The van der Waals surface area contributed by atoms with E-state index in [-0.39, 0.29) is 0 Å². The molecule has 1 aromatic carbocycles. The third-order valence-corrected chi connectivity index (χ3v) is 4.44. The van der Waals surface area contributed by atoms with Gasteiger partial charge in [0.05, 0.1) is 0 Å². The van der Waals surface area contributed by atoms with Gasteiger partial charge in [0.2, 0.25) is 0 Å². The van der Waals surface area contributed by atoms with Crippen molar-refractivity contribution < 1.29 is 0 Å². The fourth-order valence-corrected chi connectivity index (χ4v) is 3.22. The quantitative estimate of drug-likeness (QED) is 0.870. The maximum absolute atomic E-state index is 3.49. The zero-order valence-corrected chi connectivity index (χ0v) is 12.4. The molecule has 0 amide bonds. The van der Waals surface area contributed by atoms with E-state index in [1.807, 2.05) is 0 Å². The van der Waals surface area contributed by atoms with Crippen LogP contribution in [0.5, 0.6) is 0 Å². The molecule has 1 saturated heterocycles. The van der Waals surface area contributed by atoms with E-state index in [0.717, 1.165) is 12.6 Å². The molecule has 0 aliphatic carbocycles. The van der Waals surface area contributed by atoms with Gasteiger partial charge in [-0.15, -0.1) is 0 Å². The Hall–Kier alpha value is -0.860. The maximum Gasteiger partial charge on any atom is 0.0446 e. The predicted octanol–water partition coefficient (Wildman–Crippen LogP) is 3.60. The first-order valence-electron chi connectivity index (χ1n) is 7.81. The zero-order valence-electron chi connectivity index (χ0n) is 12.4. The molecule has 0 bridgehead atoms. The van der Waals surface area contributed by atoms with Crippen LogP contribution < -0.4 is 5.32 Å². The van der Waals surface area contributed by atoms with Crippen LogP contribution in [0.1, 0.15) is 50.6 Å². The summed E-state index contributed by atoms with van der Waals surface area (Å²) in [6.07, 6.45) is 6.84. The number of likely N-dealkylation sites (N-methyl/N-ethyl adjacent to an activating group) is 1. The van der Waals surface area contributed by atoms with Gasteiger partial charge in [-0.2, -0.15) is 0 Å². The zero-order chi connectivity index (χ0) is 13.5. The van der Waals surface area contributed by atoms with Crippen LogP contribution in [0.15, 0.2) is 30.3 Å². The van der Waals surface area contributed by atoms with Crippen LogP contribution in [0.25, 0.3) is 0 Å². The van der Waals surface area contributed by atoms with Gasteiger partial charge in [-0.1, -0.05) is 50.1 Å². The molecular formula is C17H28N2. The Kier molecular flexibility index (Phi) is 5.87. The Morgan fingerprint density at radius 2 is 2.00 bits per heavy atom. The number of nitrogens with one attached hydrogen (secondary N) is 1. The van der Waals surface area contributed by atoms with E-state index in [4.69, 9.17) is 0 Å². The highest BCUT2D eigenvalue weighted by Crippen LogP contribution is 2.22. The lowest BCUT2D eigenvalue weighted by molar-refractivity contribution is 0.176. The minimum atomic E-state index is 0.452. The highest BCUT2D eigenvalue weighted by molar-refractivity contribution is 5.19. The molecule has 106 valence electrons. The summed E-state index contributed by atoms with van der Waals surface area (Å²) in [7, 11) is 2.08. The summed E-state index contributed by atoms with van der Waals surface area (Å²) < 4.78 is 0. The summed E-state index contributed by atoms with van der Waals surface area (Å²) in [6.45, 7) is 4.74. The summed E-state index contributed by atoms with van der Waals surface area (Å²) in [4.78, 5) is 2.71. The molecule has 0 spiro atoms. The summed E-state index contributed by atoms with van der Waals surface area (Å²) in [6, 6.07) is 12.1. The Balaban J connectivity index is 2.03. The number of hydrogen-bond acceptors (Lipinski definition) is 2. The summed E-state index contributed by atoms with van der Waals surface area (Å²) in [5.41, 5.74) is 1.41. The summed E-state index contributed by atoms with van der Waals surface area (Å²) in [5, 5.41) is 3.49. The van der Waals surface area contributed by atoms with Gasteiger partial charge in [0.15, 0.2) is 0 Å².